The van der Waals surface area contributed by atoms with Gasteiger partial charge in [-0.15, -0.1) is 0 Å². The lowest BCUT2D eigenvalue weighted by Gasteiger charge is -2.06. The molecule has 0 saturated heterocycles. The van der Waals surface area contributed by atoms with Crippen molar-refractivity contribution in [2.75, 3.05) is 0 Å². The summed E-state index contributed by atoms with van der Waals surface area (Å²) in [6.07, 6.45) is 1.44. The maximum Gasteiger partial charge on any atom is 0.354 e. The first-order chi connectivity index (χ1) is 8.65. The van der Waals surface area contributed by atoms with Crippen molar-refractivity contribution in [1.82, 2.24) is 4.98 Å². The van der Waals surface area contributed by atoms with E-state index < -0.39 is 5.97 Å². The van der Waals surface area contributed by atoms with E-state index in [0.29, 0.717) is 10.8 Å². The molecular weight excluding hydrogens is 254 g/mol. The molecule has 2 aromatic rings. The number of hydrogen-bond acceptors (Lipinski definition) is 3. The fraction of sp³-hybridized carbons (Fsp3) is 0.0769. The second-order valence-corrected chi connectivity index (χ2v) is 4.04. The minimum absolute atomic E-state index is 0.00203. The summed E-state index contributed by atoms with van der Waals surface area (Å²) < 4.78 is 5.50. The van der Waals surface area contributed by atoms with Gasteiger partial charge >= 0.3 is 5.97 Å². The Morgan fingerprint density at radius 2 is 2.17 bits per heavy atom. The smallest absolute Gasteiger partial charge is 0.354 e. The first-order valence-corrected chi connectivity index (χ1v) is 5.59. The number of carboxylic acid groups (broad SMARTS) is 1. The van der Waals surface area contributed by atoms with Gasteiger partial charge in [-0.2, -0.15) is 0 Å². The third kappa shape index (κ3) is 3.21. The standard InChI is InChI=1S/C13H10ClNO3/c14-10-2-1-3-11(7-10)18-8-9-4-5-15-12(6-9)13(16)17/h1-7H,8H2,(H,16,17). The van der Waals surface area contributed by atoms with E-state index >= 15 is 0 Å². The Balaban J connectivity index is 2.06. The van der Waals surface area contributed by atoms with Gasteiger partial charge in [0.25, 0.3) is 0 Å². The SMILES string of the molecule is O=C(O)c1cc(COc2cccc(Cl)c2)ccn1. The van der Waals surface area contributed by atoms with Crippen LogP contribution in [0.5, 0.6) is 5.75 Å². The van der Waals surface area contributed by atoms with E-state index in [1.54, 1.807) is 30.3 Å². The predicted octanol–water partition coefficient (Wildman–Crippen LogP) is 3.01. The zero-order valence-electron chi connectivity index (χ0n) is 9.34. The molecule has 4 nitrogen and oxygen atoms in total. The van der Waals surface area contributed by atoms with Crippen molar-refractivity contribution in [1.29, 1.82) is 0 Å². The Morgan fingerprint density at radius 3 is 2.89 bits per heavy atom. The van der Waals surface area contributed by atoms with Gasteiger partial charge < -0.3 is 9.84 Å². The molecule has 0 bridgehead atoms. The molecule has 0 aliphatic rings. The third-order valence-corrected chi connectivity index (χ3v) is 2.48. The summed E-state index contributed by atoms with van der Waals surface area (Å²) in [6, 6.07) is 10.2. The number of hydrogen-bond donors (Lipinski definition) is 1. The number of ether oxygens (including phenoxy) is 1. The Hall–Kier alpha value is -2.07. The van der Waals surface area contributed by atoms with Gasteiger partial charge in [-0.25, -0.2) is 9.78 Å². The first kappa shape index (κ1) is 12.4. The molecule has 1 heterocycles. The van der Waals surface area contributed by atoms with Crippen LogP contribution in [0.1, 0.15) is 16.1 Å². The highest BCUT2D eigenvalue weighted by Crippen LogP contribution is 2.18. The molecule has 0 atom stereocenters. The number of aromatic nitrogens is 1. The molecule has 0 aliphatic heterocycles. The Bertz CT molecular complexity index is 572. The fourth-order valence-corrected chi connectivity index (χ4v) is 1.58. The lowest BCUT2D eigenvalue weighted by molar-refractivity contribution is 0.0690. The summed E-state index contributed by atoms with van der Waals surface area (Å²) in [5.41, 5.74) is 0.740. The average Bonchev–Trinajstić information content (AvgIpc) is 2.37. The van der Waals surface area contributed by atoms with Gasteiger partial charge in [0.15, 0.2) is 0 Å². The minimum atomic E-state index is -1.06. The topological polar surface area (TPSA) is 59.4 Å². The zero-order valence-corrected chi connectivity index (χ0v) is 10.1. The summed E-state index contributed by atoms with van der Waals surface area (Å²) in [4.78, 5) is 14.5. The van der Waals surface area contributed by atoms with Crippen molar-refractivity contribution in [3.05, 3.63) is 58.9 Å². The number of halogens is 1. The number of aromatic carboxylic acids is 1. The molecule has 1 N–H and O–H groups in total. The summed E-state index contributed by atoms with van der Waals surface area (Å²) in [7, 11) is 0. The molecule has 0 amide bonds. The highest BCUT2D eigenvalue weighted by molar-refractivity contribution is 6.30. The van der Waals surface area contributed by atoms with Crippen molar-refractivity contribution >= 4 is 17.6 Å². The fourth-order valence-electron chi connectivity index (χ4n) is 1.40. The van der Waals surface area contributed by atoms with E-state index in [0.717, 1.165) is 5.56 Å². The minimum Gasteiger partial charge on any atom is -0.489 e. The maximum atomic E-state index is 10.8. The molecule has 0 spiro atoms. The number of pyridine rings is 1. The van der Waals surface area contributed by atoms with Gasteiger partial charge in [0.1, 0.15) is 18.1 Å². The molecule has 2 rings (SSSR count). The molecule has 18 heavy (non-hydrogen) atoms. The van der Waals surface area contributed by atoms with Crippen LogP contribution in [0.25, 0.3) is 0 Å². The van der Waals surface area contributed by atoms with E-state index in [-0.39, 0.29) is 12.3 Å². The van der Waals surface area contributed by atoms with E-state index in [2.05, 4.69) is 4.98 Å². The molecule has 0 radical (unpaired) electrons. The van der Waals surface area contributed by atoms with E-state index in [4.69, 9.17) is 21.4 Å². The third-order valence-electron chi connectivity index (χ3n) is 2.25. The first-order valence-electron chi connectivity index (χ1n) is 5.22. The number of benzene rings is 1. The highest BCUT2D eigenvalue weighted by atomic mass is 35.5. The summed E-state index contributed by atoms with van der Waals surface area (Å²) in [5, 5.41) is 9.40. The molecule has 0 aliphatic carbocycles. The van der Waals surface area contributed by atoms with Crippen LogP contribution in [0, 0.1) is 0 Å². The van der Waals surface area contributed by atoms with Crippen molar-refractivity contribution in [3.63, 3.8) is 0 Å². The summed E-state index contributed by atoms with van der Waals surface area (Å²) in [5.74, 6) is -0.421. The Labute approximate surface area is 109 Å². The summed E-state index contributed by atoms with van der Waals surface area (Å²) in [6.45, 7) is 0.267. The molecule has 1 aromatic carbocycles. The molecule has 0 saturated carbocycles. The monoisotopic (exact) mass is 263 g/mol. The van der Waals surface area contributed by atoms with Crippen LogP contribution >= 0.6 is 11.6 Å². The van der Waals surface area contributed by atoms with E-state index in [1.165, 1.54) is 12.3 Å². The quantitative estimate of drug-likeness (QED) is 0.921. The Kier molecular flexibility index (Phi) is 3.79. The molecular formula is C13H10ClNO3. The van der Waals surface area contributed by atoms with Crippen LogP contribution in [-0.4, -0.2) is 16.1 Å². The van der Waals surface area contributed by atoms with Crippen LogP contribution in [0.4, 0.5) is 0 Å². The molecule has 1 aromatic heterocycles. The lowest BCUT2D eigenvalue weighted by Crippen LogP contribution is -2.02. The Morgan fingerprint density at radius 1 is 1.33 bits per heavy atom. The van der Waals surface area contributed by atoms with Crippen molar-refractivity contribution < 1.29 is 14.6 Å². The molecule has 0 fully saturated rings. The van der Waals surface area contributed by atoms with Crippen LogP contribution in [0.2, 0.25) is 5.02 Å². The van der Waals surface area contributed by atoms with Gasteiger partial charge in [-0.1, -0.05) is 17.7 Å². The van der Waals surface area contributed by atoms with Gasteiger partial charge in [0, 0.05) is 11.2 Å². The van der Waals surface area contributed by atoms with E-state index in [9.17, 15) is 4.79 Å². The normalized spacial score (nSPS) is 10.1. The van der Waals surface area contributed by atoms with Crippen molar-refractivity contribution in [3.8, 4) is 5.75 Å². The number of nitrogens with zero attached hydrogens (tertiary/aromatic N) is 1. The van der Waals surface area contributed by atoms with Crippen molar-refractivity contribution in [2.45, 2.75) is 6.61 Å². The lowest BCUT2D eigenvalue weighted by atomic mass is 10.2. The highest BCUT2D eigenvalue weighted by Gasteiger charge is 2.05. The largest absolute Gasteiger partial charge is 0.489 e. The van der Waals surface area contributed by atoms with E-state index in [1.807, 2.05) is 0 Å². The molecule has 5 heteroatoms. The zero-order chi connectivity index (χ0) is 13.0. The van der Waals surface area contributed by atoms with Crippen molar-refractivity contribution in [2.24, 2.45) is 0 Å². The van der Waals surface area contributed by atoms with Gasteiger partial charge in [-0.05, 0) is 35.9 Å². The molecule has 0 unspecified atom stereocenters. The van der Waals surface area contributed by atoms with Gasteiger partial charge in [0.05, 0.1) is 0 Å². The molecule has 92 valence electrons. The number of carbonyl (C=O) groups is 1. The number of rotatable bonds is 4. The summed E-state index contributed by atoms with van der Waals surface area (Å²) >= 11 is 5.83. The van der Waals surface area contributed by atoms with Crippen LogP contribution in [0.3, 0.4) is 0 Å². The van der Waals surface area contributed by atoms with Gasteiger partial charge in [0.2, 0.25) is 0 Å². The van der Waals surface area contributed by atoms with Crippen LogP contribution in [-0.2, 0) is 6.61 Å². The number of carboxylic acids is 1. The average molecular weight is 264 g/mol. The maximum absolute atomic E-state index is 10.8. The second kappa shape index (κ2) is 5.51. The van der Waals surface area contributed by atoms with Gasteiger partial charge in [-0.3, -0.25) is 0 Å². The second-order valence-electron chi connectivity index (χ2n) is 3.60. The van der Waals surface area contributed by atoms with Crippen LogP contribution < -0.4 is 4.74 Å². The predicted molar refractivity (Wildman–Crippen MR) is 67.0 cm³/mol. The van der Waals surface area contributed by atoms with Crippen LogP contribution in [0.15, 0.2) is 42.6 Å².